The second kappa shape index (κ2) is 6.38. The lowest BCUT2D eigenvalue weighted by atomic mass is 10.2. The number of nitrogens with zero attached hydrogens (tertiary/aromatic N) is 1. The Morgan fingerprint density at radius 2 is 2.18 bits per heavy atom. The van der Waals surface area contributed by atoms with Crippen LogP contribution in [0.25, 0.3) is 0 Å². The number of carboxylic acid groups (broad SMARTS) is 1. The van der Waals surface area contributed by atoms with Crippen LogP contribution in [-0.2, 0) is 9.53 Å². The fourth-order valence-corrected chi connectivity index (χ4v) is 1.49. The number of amides is 2. The van der Waals surface area contributed by atoms with Crippen molar-refractivity contribution in [3.8, 4) is 0 Å². The molecule has 17 heavy (non-hydrogen) atoms. The smallest absolute Gasteiger partial charge is 0.328 e. The molecule has 8 nitrogen and oxygen atoms in total. The molecule has 1 rings (SSSR count). The molecule has 1 saturated heterocycles. The van der Waals surface area contributed by atoms with Crippen LogP contribution >= 0.6 is 0 Å². The molecule has 0 spiro atoms. The summed E-state index contributed by atoms with van der Waals surface area (Å²) in [4.78, 5) is 23.6. The van der Waals surface area contributed by atoms with Crippen LogP contribution in [0.3, 0.4) is 0 Å². The van der Waals surface area contributed by atoms with Gasteiger partial charge in [0.15, 0.2) is 6.04 Å². The number of aliphatic carboxylic acids is 1. The largest absolute Gasteiger partial charge is 0.480 e. The zero-order valence-electron chi connectivity index (χ0n) is 9.20. The van der Waals surface area contributed by atoms with Gasteiger partial charge in [-0.05, 0) is 0 Å². The Bertz CT molecular complexity index is 285. The van der Waals surface area contributed by atoms with Gasteiger partial charge in [0.2, 0.25) is 0 Å². The quantitative estimate of drug-likeness (QED) is 0.449. The van der Waals surface area contributed by atoms with Crippen LogP contribution in [0.4, 0.5) is 4.79 Å². The molecule has 0 aliphatic carbocycles. The molecule has 0 saturated carbocycles. The number of carbonyl (C=O) groups is 2. The van der Waals surface area contributed by atoms with Crippen LogP contribution in [0.5, 0.6) is 0 Å². The average molecular weight is 248 g/mol. The highest BCUT2D eigenvalue weighted by atomic mass is 16.5. The van der Waals surface area contributed by atoms with Crippen LogP contribution in [0.15, 0.2) is 0 Å². The summed E-state index contributed by atoms with van der Waals surface area (Å²) in [6, 6.07) is -2.46. The normalized spacial score (nSPS) is 22.0. The van der Waals surface area contributed by atoms with Gasteiger partial charge in [-0.1, -0.05) is 0 Å². The minimum atomic E-state index is -1.34. The van der Waals surface area contributed by atoms with Gasteiger partial charge in [-0.15, -0.1) is 0 Å². The van der Waals surface area contributed by atoms with Crippen molar-refractivity contribution in [2.24, 2.45) is 0 Å². The molecule has 4 N–H and O–H groups in total. The average Bonchev–Trinajstić information content (AvgIpc) is 2.35. The molecule has 1 aliphatic rings. The van der Waals surface area contributed by atoms with Gasteiger partial charge < -0.3 is 30.3 Å². The van der Waals surface area contributed by atoms with Crippen molar-refractivity contribution < 1.29 is 29.6 Å². The summed E-state index contributed by atoms with van der Waals surface area (Å²) in [6.07, 6.45) is 0. The zero-order chi connectivity index (χ0) is 12.8. The Balaban J connectivity index is 2.58. The zero-order valence-corrected chi connectivity index (χ0v) is 9.20. The Labute approximate surface area is 97.8 Å². The lowest BCUT2D eigenvalue weighted by molar-refractivity contribution is -0.140. The van der Waals surface area contributed by atoms with Crippen LogP contribution < -0.4 is 5.32 Å². The van der Waals surface area contributed by atoms with Crippen LogP contribution in [0.1, 0.15) is 0 Å². The molecule has 2 amide bonds. The summed E-state index contributed by atoms with van der Waals surface area (Å²) in [7, 11) is 0. The van der Waals surface area contributed by atoms with Crippen molar-refractivity contribution in [3.63, 3.8) is 0 Å². The maximum Gasteiger partial charge on any atom is 0.328 e. The van der Waals surface area contributed by atoms with E-state index in [-0.39, 0.29) is 19.8 Å². The first-order chi connectivity index (χ1) is 8.10. The summed E-state index contributed by atoms with van der Waals surface area (Å²) in [5.41, 5.74) is 0. The van der Waals surface area contributed by atoms with Crippen molar-refractivity contribution in [2.45, 2.75) is 12.1 Å². The van der Waals surface area contributed by atoms with E-state index >= 15 is 0 Å². The van der Waals surface area contributed by atoms with Crippen molar-refractivity contribution in [1.29, 1.82) is 0 Å². The molecule has 0 aromatic carbocycles. The Morgan fingerprint density at radius 1 is 1.47 bits per heavy atom. The Hall–Kier alpha value is -1.38. The van der Waals surface area contributed by atoms with E-state index < -0.39 is 30.7 Å². The van der Waals surface area contributed by atoms with Gasteiger partial charge in [0.25, 0.3) is 0 Å². The predicted molar refractivity (Wildman–Crippen MR) is 55.4 cm³/mol. The molecule has 8 heteroatoms. The predicted octanol–water partition coefficient (Wildman–Crippen LogP) is -2.17. The number of hydrogen-bond acceptors (Lipinski definition) is 5. The van der Waals surface area contributed by atoms with Gasteiger partial charge in [-0.3, -0.25) is 0 Å². The highest BCUT2D eigenvalue weighted by molar-refractivity contribution is 5.82. The van der Waals surface area contributed by atoms with Gasteiger partial charge in [-0.25, -0.2) is 9.59 Å². The molecule has 0 bridgehead atoms. The summed E-state index contributed by atoms with van der Waals surface area (Å²) < 4.78 is 5.08. The maximum atomic E-state index is 11.7. The van der Waals surface area contributed by atoms with Crippen molar-refractivity contribution >= 4 is 12.0 Å². The maximum absolute atomic E-state index is 11.7. The monoisotopic (exact) mass is 248 g/mol. The standard InChI is InChI=1S/C9H16N2O6/c12-3-6-5-17-2-1-11(6)9(16)10-7(4-13)8(14)15/h6-7,12-13H,1-5H2,(H,10,16)(H,14,15)/t6?,7-/m0/s1. The summed E-state index contributed by atoms with van der Waals surface area (Å²) >= 11 is 0. The number of nitrogens with one attached hydrogen (secondary N) is 1. The number of rotatable bonds is 4. The number of carbonyl (C=O) groups excluding carboxylic acids is 1. The van der Waals surface area contributed by atoms with E-state index in [4.69, 9.17) is 20.1 Å². The van der Waals surface area contributed by atoms with Crippen LogP contribution in [0.2, 0.25) is 0 Å². The molecule has 1 aliphatic heterocycles. The minimum Gasteiger partial charge on any atom is -0.480 e. The van der Waals surface area contributed by atoms with Gasteiger partial charge in [-0.2, -0.15) is 0 Å². The van der Waals surface area contributed by atoms with Crippen molar-refractivity contribution in [3.05, 3.63) is 0 Å². The van der Waals surface area contributed by atoms with Gasteiger partial charge in [0.05, 0.1) is 32.5 Å². The van der Waals surface area contributed by atoms with Crippen LogP contribution in [0, 0.1) is 0 Å². The Morgan fingerprint density at radius 3 is 2.71 bits per heavy atom. The Kier molecular flexibility index (Phi) is 5.13. The molecule has 0 radical (unpaired) electrons. The summed E-state index contributed by atoms with van der Waals surface area (Å²) in [6.45, 7) is -0.129. The minimum absolute atomic E-state index is 0.209. The third-order valence-corrected chi connectivity index (χ3v) is 2.48. The van der Waals surface area contributed by atoms with E-state index in [0.717, 1.165) is 0 Å². The number of morpholine rings is 1. The first-order valence-electron chi connectivity index (χ1n) is 5.19. The third-order valence-electron chi connectivity index (χ3n) is 2.48. The third kappa shape index (κ3) is 3.55. The number of hydrogen-bond donors (Lipinski definition) is 4. The molecule has 98 valence electrons. The van der Waals surface area contributed by atoms with E-state index in [2.05, 4.69) is 5.32 Å². The number of urea groups is 1. The van der Waals surface area contributed by atoms with Gasteiger partial charge in [0.1, 0.15) is 0 Å². The molecule has 2 atom stereocenters. The number of carboxylic acids is 1. The second-order valence-corrected chi connectivity index (χ2v) is 3.63. The number of aliphatic hydroxyl groups excluding tert-OH is 2. The van der Waals surface area contributed by atoms with Crippen LogP contribution in [-0.4, -0.2) is 77.3 Å². The highest BCUT2D eigenvalue weighted by Gasteiger charge is 2.29. The first kappa shape index (κ1) is 13.7. The first-order valence-corrected chi connectivity index (χ1v) is 5.19. The number of ether oxygens (including phenoxy) is 1. The molecule has 1 fully saturated rings. The summed E-state index contributed by atoms with van der Waals surface area (Å²) in [5.74, 6) is -1.31. The lowest BCUT2D eigenvalue weighted by Crippen LogP contribution is -2.57. The van der Waals surface area contributed by atoms with E-state index in [1.54, 1.807) is 0 Å². The van der Waals surface area contributed by atoms with E-state index in [1.807, 2.05) is 0 Å². The molecule has 1 unspecified atom stereocenters. The van der Waals surface area contributed by atoms with Gasteiger partial charge in [0, 0.05) is 6.54 Å². The fraction of sp³-hybridized carbons (Fsp3) is 0.778. The fourth-order valence-electron chi connectivity index (χ4n) is 1.49. The lowest BCUT2D eigenvalue weighted by Gasteiger charge is -2.34. The van der Waals surface area contributed by atoms with E-state index in [9.17, 15) is 9.59 Å². The molecule has 0 aromatic rings. The van der Waals surface area contributed by atoms with Gasteiger partial charge >= 0.3 is 12.0 Å². The molecule has 1 heterocycles. The topological polar surface area (TPSA) is 119 Å². The van der Waals surface area contributed by atoms with Crippen molar-refractivity contribution in [2.75, 3.05) is 33.0 Å². The second-order valence-electron chi connectivity index (χ2n) is 3.63. The highest BCUT2D eigenvalue weighted by Crippen LogP contribution is 2.06. The molecular formula is C9H16N2O6. The van der Waals surface area contributed by atoms with E-state index in [1.165, 1.54) is 4.90 Å². The number of aliphatic hydroxyl groups is 2. The van der Waals surface area contributed by atoms with E-state index in [0.29, 0.717) is 6.61 Å². The SMILES string of the molecule is O=C(O)[C@H](CO)NC(=O)N1CCOCC1CO. The molecule has 0 aromatic heterocycles. The van der Waals surface area contributed by atoms with Crippen molar-refractivity contribution in [1.82, 2.24) is 10.2 Å². The summed E-state index contributed by atoms with van der Waals surface area (Å²) in [5, 5.41) is 28.7. The molecular weight excluding hydrogens is 232 g/mol.